The summed E-state index contributed by atoms with van der Waals surface area (Å²) in [7, 11) is 0. The second-order valence-electron chi connectivity index (χ2n) is 6.25. The molecular weight excluding hydrogens is 260 g/mol. The summed E-state index contributed by atoms with van der Waals surface area (Å²) >= 11 is 0. The van der Waals surface area contributed by atoms with Gasteiger partial charge < -0.3 is 20.5 Å². The summed E-state index contributed by atoms with van der Waals surface area (Å²) in [5.74, 6) is 0.234. The summed E-state index contributed by atoms with van der Waals surface area (Å²) in [5, 5.41) is 14.8. The highest BCUT2D eigenvalue weighted by atomic mass is 16.5. The van der Waals surface area contributed by atoms with Gasteiger partial charge in [0, 0.05) is 19.1 Å². The van der Waals surface area contributed by atoms with Crippen molar-refractivity contribution in [3.05, 3.63) is 0 Å². The number of amides is 2. The van der Waals surface area contributed by atoms with Crippen molar-refractivity contribution >= 4 is 12.0 Å². The summed E-state index contributed by atoms with van der Waals surface area (Å²) in [6.45, 7) is 4.83. The fourth-order valence-corrected chi connectivity index (χ4v) is 3.00. The smallest absolute Gasteiger partial charge is 0.332 e. The van der Waals surface area contributed by atoms with Gasteiger partial charge in [0.15, 0.2) is 5.54 Å². The molecule has 1 saturated carbocycles. The predicted octanol–water partition coefficient (Wildman–Crippen LogP) is 1.35. The zero-order valence-corrected chi connectivity index (χ0v) is 12.1. The van der Waals surface area contributed by atoms with Crippen LogP contribution in [0.25, 0.3) is 0 Å². The lowest BCUT2D eigenvalue weighted by Gasteiger charge is -2.33. The first-order chi connectivity index (χ1) is 9.43. The Balaban J connectivity index is 1.87. The highest BCUT2D eigenvalue weighted by Gasteiger charge is 2.44. The molecule has 0 bridgehead atoms. The molecule has 1 aliphatic carbocycles. The van der Waals surface area contributed by atoms with Gasteiger partial charge in [-0.1, -0.05) is 13.8 Å². The molecule has 2 fully saturated rings. The van der Waals surface area contributed by atoms with Crippen LogP contribution in [0.4, 0.5) is 4.79 Å². The second-order valence-corrected chi connectivity index (χ2v) is 6.25. The molecule has 2 aliphatic rings. The quantitative estimate of drug-likeness (QED) is 0.730. The van der Waals surface area contributed by atoms with Crippen LogP contribution in [0.3, 0.4) is 0 Å². The lowest BCUT2D eigenvalue weighted by molar-refractivity contribution is -0.144. The Kier molecular flexibility index (Phi) is 4.52. The van der Waals surface area contributed by atoms with Crippen molar-refractivity contribution in [3.63, 3.8) is 0 Å². The summed E-state index contributed by atoms with van der Waals surface area (Å²) in [4.78, 5) is 23.3. The van der Waals surface area contributed by atoms with Crippen LogP contribution >= 0.6 is 0 Å². The number of carboxylic acid groups (broad SMARTS) is 1. The molecule has 6 heteroatoms. The van der Waals surface area contributed by atoms with Gasteiger partial charge in [0.05, 0.1) is 6.61 Å². The molecule has 1 aliphatic heterocycles. The van der Waals surface area contributed by atoms with E-state index in [1.165, 1.54) is 0 Å². The number of hydrogen-bond donors (Lipinski definition) is 3. The molecule has 1 saturated heterocycles. The van der Waals surface area contributed by atoms with Gasteiger partial charge in [-0.05, 0) is 31.1 Å². The zero-order valence-electron chi connectivity index (χ0n) is 12.1. The molecule has 2 amide bonds. The van der Waals surface area contributed by atoms with Crippen LogP contribution in [0.2, 0.25) is 0 Å². The lowest BCUT2D eigenvalue weighted by atomic mass is 9.79. The first-order valence-corrected chi connectivity index (χ1v) is 7.33. The fraction of sp³-hybridized carbons (Fsp3) is 0.857. The van der Waals surface area contributed by atoms with E-state index in [0.29, 0.717) is 24.9 Å². The Morgan fingerprint density at radius 1 is 1.25 bits per heavy atom. The third kappa shape index (κ3) is 3.23. The topological polar surface area (TPSA) is 87.7 Å². The number of rotatable bonds is 3. The number of aliphatic carboxylic acids is 1. The van der Waals surface area contributed by atoms with Gasteiger partial charge in [-0.2, -0.15) is 0 Å². The van der Waals surface area contributed by atoms with Gasteiger partial charge >= 0.3 is 12.0 Å². The largest absolute Gasteiger partial charge is 0.479 e. The molecule has 3 N–H and O–H groups in total. The molecule has 4 unspecified atom stereocenters. The molecule has 0 spiro atoms. The lowest BCUT2D eigenvalue weighted by Crippen LogP contribution is -2.59. The Morgan fingerprint density at radius 3 is 2.55 bits per heavy atom. The maximum absolute atomic E-state index is 12.0. The van der Waals surface area contributed by atoms with Gasteiger partial charge in [-0.3, -0.25) is 0 Å². The molecule has 1 heterocycles. The maximum Gasteiger partial charge on any atom is 0.332 e. The van der Waals surface area contributed by atoms with Gasteiger partial charge in [0.2, 0.25) is 0 Å². The van der Waals surface area contributed by atoms with Crippen molar-refractivity contribution < 1.29 is 19.4 Å². The number of carbonyl (C=O) groups excluding carboxylic acids is 1. The Labute approximate surface area is 119 Å². The highest BCUT2D eigenvalue weighted by molar-refractivity contribution is 5.86. The van der Waals surface area contributed by atoms with Crippen molar-refractivity contribution in [3.8, 4) is 0 Å². The zero-order chi connectivity index (χ0) is 14.8. The molecule has 6 nitrogen and oxygen atoms in total. The molecule has 114 valence electrons. The van der Waals surface area contributed by atoms with Crippen LogP contribution in [0.1, 0.15) is 39.5 Å². The number of carbonyl (C=O) groups is 2. The number of urea groups is 1. The SMILES string of the molecule is CC1CCC(NC(=O)NC2(C(=O)O)CCOC2)CC1C. The summed E-state index contributed by atoms with van der Waals surface area (Å²) in [6, 6.07) is -0.265. The minimum absolute atomic E-state index is 0.0356. The number of ether oxygens (including phenoxy) is 1. The van der Waals surface area contributed by atoms with Crippen molar-refractivity contribution in [1.82, 2.24) is 10.6 Å². The Hall–Kier alpha value is -1.30. The van der Waals surface area contributed by atoms with E-state index < -0.39 is 17.5 Å². The van der Waals surface area contributed by atoms with Crippen molar-refractivity contribution in [2.24, 2.45) is 11.8 Å². The van der Waals surface area contributed by atoms with Crippen LogP contribution in [0.15, 0.2) is 0 Å². The fourth-order valence-electron chi connectivity index (χ4n) is 3.00. The minimum atomic E-state index is -1.27. The van der Waals surface area contributed by atoms with Gasteiger partial charge in [0.25, 0.3) is 0 Å². The van der Waals surface area contributed by atoms with E-state index in [4.69, 9.17) is 4.74 Å². The number of nitrogens with one attached hydrogen (secondary N) is 2. The molecule has 0 radical (unpaired) electrons. The minimum Gasteiger partial charge on any atom is -0.479 e. The molecular formula is C14H24N2O4. The summed E-state index contributed by atoms with van der Waals surface area (Å²) < 4.78 is 5.12. The van der Waals surface area contributed by atoms with Gasteiger partial charge in [-0.25, -0.2) is 9.59 Å². The summed E-state index contributed by atoms with van der Waals surface area (Å²) in [6.07, 6.45) is 3.31. The molecule has 20 heavy (non-hydrogen) atoms. The van der Waals surface area contributed by atoms with Crippen LogP contribution in [0.5, 0.6) is 0 Å². The first kappa shape index (κ1) is 15.1. The molecule has 0 aromatic rings. The third-order valence-corrected chi connectivity index (χ3v) is 4.72. The van der Waals surface area contributed by atoms with E-state index >= 15 is 0 Å². The third-order valence-electron chi connectivity index (χ3n) is 4.72. The van der Waals surface area contributed by atoms with E-state index in [1.54, 1.807) is 0 Å². The molecule has 2 rings (SSSR count). The van der Waals surface area contributed by atoms with E-state index in [-0.39, 0.29) is 12.6 Å². The van der Waals surface area contributed by atoms with E-state index in [9.17, 15) is 14.7 Å². The van der Waals surface area contributed by atoms with Gasteiger partial charge in [-0.15, -0.1) is 0 Å². The molecule has 0 aromatic carbocycles. The second kappa shape index (κ2) is 5.99. The Morgan fingerprint density at radius 2 is 2.00 bits per heavy atom. The first-order valence-electron chi connectivity index (χ1n) is 7.33. The van der Waals surface area contributed by atoms with Crippen molar-refractivity contribution in [2.45, 2.75) is 51.1 Å². The van der Waals surface area contributed by atoms with Crippen LogP contribution in [0, 0.1) is 11.8 Å². The van der Waals surface area contributed by atoms with Crippen LogP contribution < -0.4 is 10.6 Å². The monoisotopic (exact) mass is 284 g/mol. The van der Waals surface area contributed by atoms with Crippen molar-refractivity contribution in [1.29, 1.82) is 0 Å². The average Bonchev–Trinajstić information content (AvgIpc) is 2.83. The Bertz CT molecular complexity index is 379. The number of hydrogen-bond acceptors (Lipinski definition) is 3. The number of carboxylic acids is 1. The van der Waals surface area contributed by atoms with E-state index in [1.807, 2.05) is 0 Å². The van der Waals surface area contributed by atoms with E-state index in [2.05, 4.69) is 24.5 Å². The van der Waals surface area contributed by atoms with Gasteiger partial charge in [0.1, 0.15) is 0 Å². The summed E-state index contributed by atoms with van der Waals surface area (Å²) in [5.41, 5.74) is -1.27. The standard InChI is InChI=1S/C14H24N2O4/c1-9-3-4-11(7-10(9)2)15-13(19)16-14(12(17)18)5-6-20-8-14/h9-11H,3-8H2,1-2H3,(H,17,18)(H2,15,16,19). The van der Waals surface area contributed by atoms with Crippen LogP contribution in [-0.2, 0) is 9.53 Å². The van der Waals surface area contributed by atoms with Crippen LogP contribution in [-0.4, -0.2) is 41.9 Å². The maximum atomic E-state index is 12.0. The highest BCUT2D eigenvalue weighted by Crippen LogP contribution is 2.29. The molecule has 4 atom stereocenters. The normalized spacial score (nSPS) is 37.4. The molecule has 0 aromatic heterocycles. The predicted molar refractivity (Wildman–Crippen MR) is 73.4 cm³/mol. The van der Waals surface area contributed by atoms with Crippen molar-refractivity contribution in [2.75, 3.05) is 13.2 Å². The van der Waals surface area contributed by atoms with E-state index in [0.717, 1.165) is 19.3 Å². The average molecular weight is 284 g/mol.